The maximum Gasteiger partial charge on any atom is 0.138 e. The maximum atomic E-state index is 4.13. The summed E-state index contributed by atoms with van der Waals surface area (Å²) in [5, 5.41) is 7.26. The third-order valence-corrected chi connectivity index (χ3v) is 2.57. The van der Waals surface area contributed by atoms with Gasteiger partial charge in [-0.3, -0.25) is 0 Å². The number of hydrogen-bond acceptors (Lipinski definition) is 3. The number of benzene rings is 1. The van der Waals surface area contributed by atoms with Crippen molar-refractivity contribution in [3.05, 3.63) is 40.9 Å². The van der Waals surface area contributed by atoms with Gasteiger partial charge in [-0.05, 0) is 24.7 Å². The smallest absolute Gasteiger partial charge is 0.138 e. The minimum atomic E-state index is 0.808. The Kier molecular flexibility index (Phi) is 3.13. The fourth-order valence-corrected chi connectivity index (χ4v) is 1.77. The normalized spacial score (nSPS) is 10.5. The summed E-state index contributed by atoms with van der Waals surface area (Å²) in [7, 11) is 1.92. The van der Waals surface area contributed by atoms with Crippen molar-refractivity contribution in [2.45, 2.75) is 6.54 Å². The van der Waals surface area contributed by atoms with Gasteiger partial charge in [0.05, 0.1) is 5.69 Å². The molecule has 0 bridgehead atoms. The summed E-state index contributed by atoms with van der Waals surface area (Å²) in [5.41, 5.74) is 2.22. The average Bonchev–Trinajstić information content (AvgIpc) is 2.74. The molecule has 1 heterocycles. The monoisotopic (exact) mass is 266 g/mol. The Morgan fingerprint density at radius 2 is 2.33 bits per heavy atom. The summed E-state index contributed by atoms with van der Waals surface area (Å²) in [6.45, 7) is 0.808. The Morgan fingerprint density at radius 1 is 1.47 bits per heavy atom. The van der Waals surface area contributed by atoms with Gasteiger partial charge in [0.2, 0.25) is 0 Å². The molecule has 0 unspecified atom stereocenters. The fourth-order valence-electron chi connectivity index (χ4n) is 1.42. The lowest BCUT2D eigenvalue weighted by Gasteiger charge is -2.08. The van der Waals surface area contributed by atoms with E-state index in [1.165, 1.54) is 11.9 Å². The molecule has 15 heavy (non-hydrogen) atoms. The van der Waals surface area contributed by atoms with E-state index in [2.05, 4.69) is 37.4 Å². The van der Waals surface area contributed by atoms with E-state index < -0.39 is 0 Å². The molecule has 0 atom stereocenters. The van der Waals surface area contributed by atoms with Crippen LogP contribution >= 0.6 is 15.9 Å². The van der Waals surface area contributed by atoms with Crippen molar-refractivity contribution in [3.63, 3.8) is 0 Å². The number of aromatic nitrogens is 3. The molecule has 0 fully saturated rings. The van der Waals surface area contributed by atoms with Crippen LogP contribution in [-0.4, -0.2) is 21.8 Å². The second-order valence-electron chi connectivity index (χ2n) is 3.14. The number of rotatable bonds is 3. The second-order valence-corrected chi connectivity index (χ2v) is 4.06. The summed E-state index contributed by atoms with van der Waals surface area (Å²) < 4.78 is 2.80. The van der Waals surface area contributed by atoms with Gasteiger partial charge in [0.1, 0.15) is 12.7 Å². The number of nitrogens with zero attached hydrogens (tertiary/aromatic N) is 3. The molecule has 4 nitrogen and oxygen atoms in total. The van der Waals surface area contributed by atoms with Gasteiger partial charge in [0.25, 0.3) is 0 Å². The highest BCUT2D eigenvalue weighted by molar-refractivity contribution is 9.10. The number of hydrogen-bond donors (Lipinski definition) is 1. The predicted octanol–water partition coefficient (Wildman–Crippen LogP) is 1.75. The van der Waals surface area contributed by atoms with Crippen molar-refractivity contribution in [1.82, 2.24) is 20.1 Å². The molecule has 78 valence electrons. The van der Waals surface area contributed by atoms with Crippen LogP contribution < -0.4 is 5.32 Å². The van der Waals surface area contributed by atoms with Crippen molar-refractivity contribution >= 4 is 15.9 Å². The molecule has 0 aliphatic rings. The van der Waals surface area contributed by atoms with Gasteiger partial charge in [-0.2, -0.15) is 5.10 Å². The SMILES string of the molecule is CNCc1ccc(Br)cc1-n1cncn1. The van der Waals surface area contributed by atoms with Crippen LogP contribution in [0.25, 0.3) is 5.69 Å². The molecular formula is C10H11BrN4. The van der Waals surface area contributed by atoms with Crippen molar-refractivity contribution < 1.29 is 0 Å². The van der Waals surface area contributed by atoms with Crippen molar-refractivity contribution in [2.75, 3.05) is 7.05 Å². The fraction of sp³-hybridized carbons (Fsp3) is 0.200. The number of nitrogens with one attached hydrogen (secondary N) is 1. The molecule has 0 saturated carbocycles. The zero-order valence-corrected chi connectivity index (χ0v) is 9.90. The van der Waals surface area contributed by atoms with Crippen LogP contribution in [0.2, 0.25) is 0 Å². The molecule has 1 aromatic carbocycles. The molecule has 1 N–H and O–H groups in total. The molecule has 0 radical (unpaired) electrons. The van der Waals surface area contributed by atoms with Crippen LogP contribution in [0.15, 0.2) is 35.3 Å². The topological polar surface area (TPSA) is 42.7 Å². The van der Waals surface area contributed by atoms with Crippen molar-refractivity contribution in [3.8, 4) is 5.69 Å². The third kappa shape index (κ3) is 2.24. The lowest BCUT2D eigenvalue weighted by molar-refractivity contribution is 0.788. The van der Waals surface area contributed by atoms with E-state index in [9.17, 15) is 0 Å². The van der Waals surface area contributed by atoms with Crippen LogP contribution in [-0.2, 0) is 6.54 Å². The second kappa shape index (κ2) is 4.55. The Hall–Kier alpha value is -1.20. The van der Waals surface area contributed by atoms with E-state index in [0.29, 0.717) is 0 Å². The van der Waals surface area contributed by atoms with Gasteiger partial charge in [-0.25, -0.2) is 9.67 Å². The quantitative estimate of drug-likeness (QED) is 0.921. The first-order valence-corrected chi connectivity index (χ1v) is 5.38. The van der Waals surface area contributed by atoms with Crippen molar-refractivity contribution in [1.29, 1.82) is 0 Å². The van der Waals surface area contributed by atoms with E-state index in [-0.39, 0.29) is 0 Å². The van der Waals surface area contributed by atoms with E-state index in [0.717, 1.165) is 16.7 Å². The highest BCUT2D eigenvalue weighted by atomic mass is 79.9. The standard InChI is InChI=1S/C10H11BrN4/c1-12-5-8-2-3-9(11)4-10(8)15-7-13-6-14-15/h2-4,6-7,12H,5H2,1H3. The first-order chi connectivity index (χ1) is 7.31. The van der Waals surface area contributed by atoms with Gasteiger partial charge in [0.15, 0.2) is 0 Å². The molecule has 2 rings (SSSR count). The Balaban J connectivity index is 2.47. The molecule has 1 aromatic heterocycles. The summed E-state index contributed by atoms with van der Waals surface area (Å²) >= 11 is 3.45. The van der Waals surface area contributed by atoms with Crippen molar-refractivity contribution in [2.24, 2.45) is 0 Å². The highest BCUT2D eigenvalue weighted by Crippen LogP contribution is 2.19. The highest BCUT2D eigenvalue weighted by Gasteiger charge is 2.05. The largest absolute Gasteiger partial charge is 0.316 e. The minimum absolute atomic E-state index is 0.808. The van der Waals surface area contributed by atoms with Gasteiger partial charge in [-0.15, -0.1) is 0 Å². The maximum absolute atomic E-state index is 4.13. The summed E-state index contributed by atoms with van der Waals surface area (Å²) in [5.74, 6) is 0. The van der Waals surface area contributed by atoms with Crippen LogP contribution in [0.4, 0.5) is 0 Å². The summed E-state index contributed by atoms with van der Waals surface area (Å²) in [6, 6.07) is 6.12. The molecule has 2 aromatic rings. The van der Waals surface area contributed by atoms with E-state index >= 15 is 0 Å². The zero-order chi connectivity index (χ0) is 10.7. The molecule has 0 aliphatic heterocycles. The lowest BCUT2D eigenvalue weighted by atomic mass is 10.2. The van der Waals surface area contributed by atoms with Gasteiger partial charge >= 0.3 is 0 Å². The molecule has 0 spiro atoms. The first kappa shape index (κ1) is 10.3. The first-order valence-electron chi connectivity index (χ1n) is 4.59. The number of halogens is 1. The van der Waals surface area contributed by atoms with E-state index in [4.69, 9.17) is 0 Å². The van der Waals surface area contributed by atoms with Gasteiger partial charge in [0, 0.05) is 11.0 Å². The Bertz CT molecular complexity index is 439. The van der Waals surface area contributed by atoms with E-state index in [1.54, 1.807) is 11.0 Å². The zero-order valence-electron chi connectivity index (χ0n) is 8.31. The summed E-state index contributed by atoms with van der Waals surface area (Å²) in [6.07, 6.45) is 3.23. The molecule has 0 saturated heterocycles. The Morgan fingerprint density at radius 3 is 3.00 bits per heavy atom. The molecule has 5 heteroatoms. The third-order valence-electron chi connectivity index (χ3n) is 2.08. The lowest BCUT2D eigenvalue weighted by Crippen LogP contribution is -2.09. The van der Waals surface area contributed by atoms with Gasteiger partial charge in [-0.1, -0.05) is 22.0 Å². The van der Waals surface area contributed by atoms with E-state index in [1.807, 2.05) is 19.2 Å². The van der Waals surface area contributed by atoms with Crippen LogP contribution in [0.3, 0.4) is 0 Å². The minimum Gasteiger partial charge on any atom is -0.316 e. The van der Waals surface area contributed by atoms with Crippen LogP contribution in [0.5, 0.6) is 0 Å². The average molecular weight is 267 g/mol. The molecule has 0 aliphatic carbocycles. The predicted molar refractivity (Wildman–Crippen MR) is 61.8 cm³/mol. The Labute approximate surface area is 96.5 Å². The molecule has 0 amide bonds. The van der Waals surface area contributed by atoms with Crippen LogP contribution in [0.1, 0.15) is 5.56 Å². The van der Waals surface area contributed by atoms with Crippen LogP contribution in [0, 0.1) is 0 Å². The molecular weight excluding hydrogens is 256 g/mol. The summed E-state index contributed by atoms with van der Waals surface area (Å²) in [4.78, 5) is 3.95. The van der Waals surface area contributed by atoms with Gasteiger partial charge < -0.3 is 5.32 Å².